The second kappa shape index (κ2) is 2.73. The summed E-state index contributed by atoms with van der Waals surface area (Å²) in [5.74, 6) is 0.845. The largest absolute Gasteiger partial charge is 0.361 e. The van der Waals surface area contributed by atoms with Gasteiger partial charge in [0.15, 0.2) is 0 Å². The molecule has 2 aromatic heterocycles. The van der Waals surface area contributed by atoms with Crippen molar-refractivity contribution in [1.82, 2.24) is 15.0 Å². The molecule has 0 bridgehead atoms. The van der Waals surface area contributed by atoms with E-state index in [2.05, 4.69) is 27.2 Å². The van der Waals surface area contributed by atoms with Crippen LogP contribution in [0.2, 0.25) is 0 Å². The van der Waals surface area contributed by atoms with Gasteiger partial charge in [-0.25, -0.2) is 4.98 Å². The molecule has 0 atom stereocenters. The van der Waals surface area contributed by atoms with Gasteiger partial charge in [-0.15, -0.1) is 0 Å². The number of hydrogen-bond acceptors (Lipinski definition) is 1. The normalized spacial score (nSPS) is 10.9. The lowest BCUT2D eigenvalue weighted by Gasteiger charge is -1.98. The van der Waals surface area contributed by atoms with Gasteiger partial charge in [-0.1, -0.05) is 12.1 Å². The molecule has 0 aliphatic carbocycles. The number of aromatic amines is 2. The molecule has 1 radical (unpaired) electrons. The van der Waals surface area contributed by atoms with Gasteiger partial charge in [0.1, 0.15) is 12.0 Å². The maximum absolute atomic E-state index is 4.12. The van der Waals surface area contributed by atoms with Gasteiger partial charge >= 0.3 is 0 Å². The lowest BCUT2D eigenvalue weighted by atomic mass is 10.1. The van der Waals surface area contributed by atoms with Crippen LogP contribution < -0.4 is 0 Å². The van der Waals surface area contributed by atoms with Gasteiger partial charge in [-0.05, 0) is 12.1 Å². The summed E-state index contributed by atoms with van der Waals surface area (Å²) in [6, 6.07) is 8.17. The molecule has 1 aromatic carbocycles. The third kappa shape index (κ3) is 0.956. The van der Waals surface area contributed by atoms with E-state index in [1.165, 1.54) is 5.39 Å². The van der Waals surface area contributed by atoms with E-state index < -0.39 is 0 Å². The highest BCUT2D eigenvalue weighted by atomic mass is 14.9. The van der Waals surface area contributed by atoms with Crippen molar-refractivity contribution in [3.05, 3.63) is 42.9 Å². The Morgan fingerprint density at radius 2 is 2.14 bits per heavy atom. The minimum Gasteiger partial charge on any atom is -0.361 e. The summed E-state index contributed by atoms with van der Waals surface area (Å²) in [6.07, 6.45) is 6.40. The van der Waals surface area contributed by atoms with Crippen LogP contribution in [0.15, 0.2) is 36.7 Å². The van der Waals surface area contributed by atoms with Crippen molar-refractivity contribution in [2.24, 2.45) is 0 Å². The Balaban J connectivity index is 2.36. The molecule has 0 unspecified atom stereocenters. The molecule has 0 aliphatic rings. The molecule has 3 nitrogen and oxygen atoms in total. The van der Waals surface area contributed by atoms with E-state index in [-0.39, 0.29) is 0 Å². The number of hydrogen-bond donors (Lipinski definition) is 2. The monoisotopic (exact) mass is 182 g/mol. The van der Waals surface area contributed by atoms with Gasteiger partial charge in [0.05, 0.1) is 5.52 Å². The fourth-order valence-electron chi connectivity index (χ4n) is 1.65. The van der Waals surface area contributed by atoms with E-state index in [0.29, 0.717) is 0 Å². The van der Waals surface area contributed by atoms with E-state index in [9.17, 15) is 0 Å². The first-order chi connectivity index (χ1) is 6.95. The van der Waals surface area contributed by atoms with E-state index in [4.69, 9.17) is 0 Å². The van der Waals surface area contributed by atoms with Crippen molar-refractivity contribution in [1.29, 1.82) is 0 Å². The molecular formula is C11H8N3. The first-order valence-electron chi connectivity index (χ1n) is 4.43. The second-order valence-electron chi connectivity index (χ2n) is 3.13. The molecule has 14 heavy (non-hydrogen) atoms. The maximum Gasteiger partial charge on any atom is 0.140 e. The third-order valence-corrected chi connectivity index (χ3v) is 2.29. The number of aromatic nitrogens is 3. The van der Waals surface area contributed by atoms with Crippen molar-refractivity contribution in [3.8, 4) is 11.4 Å². The summed E-state index contributed by atoms with van der Waals surface area (Å²) < 4.78 is 0. The van der Waals surface area contributed by atoms with Gasteiger partial charge in [-0.2, -0.15) is 0 Å². The van der Waals surface area contributed by atoms with Crippen LogP contribution >= 0.6 is 0 Å². The summed E-state index contributed by atoms with van der Waals surface area (Å²) in [7, 11) is 0. The highest BCUT2D eigenvalue weighted by Crippen LogP contribution is 2.24. The Hall–Kier alpha value is -2.03. The molecule has 2 N–H and O–H groups in total. The van der Waals surface area contributed by atoms with Gasteiger partial charge in [-0.3, -0.25) is 0 Å². The van der Waals surface area contributed by atoms with E-state index in [1.54, 1.807) is 6.20 Å². The van der Waals surface area contributed by atoms with Crippen LogP contribution in [0.5, 0.6) is 0 Å². The van der Waals surface area contributed by atoms with Crippen molar-refractivity contribution in [2.45, 2.75) is 0 Å². The molecule has 67 valence electrons. The number of imidazole rings is 1. The van der Waals surface area contributed by atoms with Crippen molar-refractivity contribution in [3.63, 3.8) is 0 Å². The smallest absolute Gasteiger partial charge is 0.140 e. The predicted molar refractivity (Wildman–Crippen MR) is 54.7 cm³/mol. The van der Waals surface area contributed by atoms with Crippen LogP contribution in [-0.4, -0.2) is 15.0 Å². The highest BCUT2D eigenvalue weighted by molar-refractivity contribution is 5.92. The minimum atomic E-state index is 0.845. The Labute approximate surface area is 80.8 Å². The van der Waals surface area contributed by atoms with E-state index in [0.717, 1.165) is 16.9 Å². The zero-order chi connectivity index (χ0) is 9.38. The van der Waals surface area contributed by atoms with E-state index >= 15 is 0 Å². The molecular weight excluding hydrogens is 174 g/mol. The Kier molecular flexibility index (Phi) is 1.44. The number of fused-ring (bicyclic) bond motifs is 1. The lowest BCUT2D eigenvalue weighted by Crippen LogP contribution is -1.81. The first-order valence-corrected chi connectivity index (χ1v) is 4.43. The molecule has 0 saturated heterocycles. The molecule has 0 fully saturated rings. The van der Waals surface area contributed by atoms with Gasteiger partial charge in [0.2, 0.25) is 0 Å². The predicted octanol–water partition coefficient (Wildman–Crippen LogP) is 2.36. The molecule has 0 saturated carbocycles. The Morgan fingerprint density at radius 3 is 3.00 bits per heavy atom. The number of H-pyrrole nitrogens is 2. The first kappa shape index (κ1) is 7.38. The average molecular weight is 182 g/mol. The van der Waals surface area contributed by atoms with Crippen LogP contribution in [-0.2, 0) is 0 Å². The minimum absolute atomic E-state index is 0.845. The van der Waals surface area contributed by atoms with Crippen molar-refractivity contribution >= 4 is 10.9 Å². The molecule has 3 rings (SSSR count). The standard InChI is InChI=1S/C11H8N3/c1-2-8-4-5-12-10(8)9(3-1)11-13-6-7-14-11/h1-6,12H,(H,13,14). The summed E-state index contributed by atoms with van der Waals surface area (Å²) in [5.41, 5.74) is 2.18. The maximum atomic E-state index is 4.12. The number of rotatable bonds is 1. The molecule has 0 aliphatic heterocycles. The van der Waals surface area contributed by atoms with Crippen LogP contribution in [0.4, 0.5) is 0 Å². The molecule has 0 amide bonds. The highest BCUT2D eigenvalue weighted by Gasteiger charge is 2.05. The lowest BCUT2D eigenvalue weighted by molar-refractivity contribution is 1.31. The van der Waals surface area contributed by atoms with Crippen LogP contribution in [0.25, 0.3) is 22.3 Å². The number of nitrogens with zero attached hydrogens (tertiary/aromatic N) is 1. The number of para-hydroxylation sites is 1. The third-order valence-electron chi connectivity index (χ3n) is 2.29. The summed E-state index contributed by atoms with van der Waals surface area (Å²) in [6.45, 7) is 0. The quantitative estimate of drug-likeness (QED) is 0.596. The van der Waals surface area contributed by atoms with Crippen LogP contribution in [0.1, 0.15) is 0 Å². The molecule has 3 heteroatoms. The van der Waals surface area contributed by atoms with Gasteiger partial charge in [0, 0.05) is 23.3 Å². The number of benzene rings is 1. The van der Waals surface area contributed by atoms with Crippen LogP contribution in [0, 0.1) is 6.20 Å². The average Bonchev–Trinajstić information content (AvgIpc) is 2.88. The fourth-order valence-corrected chi connectivity index (χ4v) is 1.65. The summed E-state index contributed by atoms with van der Waals surface area (Å²) >= 11 is 0. The summed E-state index contributed by atoms with van der Waals surface area (Å²) in [5, 5.41) is 1.19. The van der Waals surface area contributed by atoms with Crippen molar-refractivity contribution in [2.75, 3.05) is 0 Å². The molecule has 0 spiro atoms. The Bertz CT molecular complexity index is 549. The number of nitrogens with one attached hydrogen (secondary N) is 2. The van der Waals surface area contributed by atoms with Crippen LogP contribution in [0.3, 0.4) is 0 Å². The topological polar surface area (TPSA) is 44.5 Å². The fraction of sp³-hybridized carbons (Fsp3) is 0. The van der Waals surface area contributed by atoms with E-state index in [1.807, 2.05) is 24.4 Å². The summed E-state index contributed by atoms with van der Waals surface area (Å²) in [4.78, 5) is 10.4. The zero-order valence-corrected chi connectivity index (χ0v) is 7.41. The SMILES string of the molecule is [c]1c[nH]c(-c2cccc3cc[nH]c23)n1. The van der Waals surface area contributed by atoms with Crippen molar-refractivity contribution < 1.29 is 0 Å². The second-order valence-corrected chi connectivity index (χ2v) is 3.13. The molecule has 3 aromatic rings. The zero-order valence-electron chi connectivity index (χ0n) is 7.41. The van der Waals surface area contributed by atoms with Gasteiger partial charge in [0.25, 0.3) is 0 Å². The van der Waals surface area contributed by atoms with Gasteiger partial charge < -0.3 is 9.97 Å². The Morgan fingerprint density at radius 1 is 1.14 bits per heavy atom. The molecule has 2 heterocycles.